The average Bonchev–Trinajstić information content (AvgIpc) is 3.11. The summed E-state index contributed by atoms with van der Waals surface area (Å²) in [6, 6.07) is 6.56. The van der Waals surface area contributed by atoms with Crippen molar-refractivity contribution in [1.82, 2.24) is 19.7 Å². The third kappa shape index (κ3) is 3.88. The highest BCUT2D eigenvalue weighted by atomic mass is 16.5. The lowest BCUT2D eigenvalue weighted by Crippen LogP contribution is -2.50. The van der Waals surface area contributed by atoms with E-state index in [1.807, 2.05) is 17.0 Å². The Labute approximate surface area is 161 Å². The smallest absolute Gasteiger partial charge is 0.254 e. The van der Waals surface area contributed by atoms with Gasteiger partial charge in [0.25, 0.3) is 5.91 Å². The Bertz CT molecular complexity index is 787. The van der Waals surface area contributed by atoms with Gasteiger partial charge in [0.1, 0.15) is 0 Å². The zero-order valence-electron chi connectivity index (χ0n) is 16.4. The molecule has 0 spiro atoms. The van der Waals surface area contributed by atoms with E-state index in [2.05, 4.69) is 40.9 Å². The van der Waals surface area contributed by atoms with Crippen LogP contribution in [0.4, 0.5) is 0 Å². The second kappa shape index (κ2) is 8.00. The van der Waals surface area contributed by atoms with Crippen molar-refractivity contribution in [3.05, 3.63) is 35.5 Å². The Morgan fingerprint density at radius 2 is 1.85 bits per heavy atom. The number of hydrogen-bond acceptors (Lipinski definition) is 4. The molecule has 2 aromatic rings. The average molecular weight is 370 g/mol. The minimum Gasteiger partial charge on any atom is -0.379 e. The van der Waals surface area contributed by atoms with Crippen LogP contribution in [0, 0.1) is 0 Å². The molecular formula is C21H30N4O2. The van der Waals surface area contributed by atoms with Crippen LogP contribution in [0.1, 0.15) is 29.8 Å². The third-order valence-electron chi connectivity index (χ3n) is 5.85. The lowest BCUT2D eigenvalue weighted by atomic mass is 10.0. The molecule has 2 fully saturated rings. The minimum absolute atomic E-state index is 0.159. The number of amides is 1. The number of rotatable bonds is 4. The van der Waals surface area contributed by atoms with Gasteiger partial charge in [-0.1, -0.05) is 6.07 Å². The summed E-state index contributed by atoms with van der Waals surface area (Å²) >= 11 is 0. The number of piperazine rings is 1. The van der Waals surface area contributed by atoms with Crippen molar-refractivity contribution < 1.29 is 9.53 Å². The van der Waals surface area contributed by atoms with Gasteiger partial charge in [-0.25, -0.2) is 0 Å². The summed E-state index contributed by atoms with van der Waals surface area (Å²) in [5.41, 5.74) is 3.08. The molecule has 0 unspecified atom stereocenters. The van der Waals surface area contributed by atoms with Crippen molar-refractivity contribution in [2.45, 2.75) is 26.4 Å². The summed E-state index contributed by atoms with van der Waals surface area (Å²) in [7, 11) is 0. The van der Waals surface area contributed by atoms with E-state index in [4.69, 9.17) is 4.74 Å². The van der Waals surface area contributed by atoms with E-state index in [0.717, 1.165) is 75.5 Å². The predicted molar refractivity (Wildman–Crippen MR) is 107 cm³/mol. The van der Waals surface area contributed by atoms with Gasteiger partial charge in [0, 0.05) is 74.5 Å². The molecule has 2 saturated heterocycles. The van der Waals surface area contributed by atoms with Crippen molar-refractivity contribution >= 4 is 16.8 Å². The van der Waals surface area contributed by atoms with E-state index in [1.165, 1.54) is 5.56 Å². The molecule has 2 aliphatic heterocycles. The quantitative estimate of drug-likeness (QED) is 0.896. The van der Waals surface area contributed by atoms with Crippen LogP contribution >= 0.6 is 0 Å². The van der Waals surface area contributed by atoms with Crippen molar-refractivity contribution in [3.8, 4) is 0 Å². The number of hydrogen-bond donors (Lipinski definition) is 1. The lowest BCUT2D eigenvalue weighted by Gasteiger charge is -2.37. The maximum atomic E-state index is 13.3. The fourth-order valence-electron chi connectivity index (χ4n) is 4.17. The summed E-state index contributed by atoms with van der Waals surface area (Å²) in [6.45, 7) is 12.3. The molecule has 6 nitrogen and oxygen atoms in total. The number of carbonyl (C=O) groups excluding carboxylic acids is 1. The Morgan fingerprint density at radius 1 is 1.11 bits per heavy atom. The number of nitrogens with one attached hydrogen (secondary N) is 1. The molecule has 0 radical (unpaired) electrons. The molecule has 6 heteroatoms. The van der Waals surface area contributed by atoms with Gasteiger partial charge < -0.3 is 14.6 Å². The molecule has 1 aromatic carbocycles. The van der Waals surface area contributed by atoms with Gasteiger partial charge in [0.05, 0.1) is 13.2 Å². The normalized spacial score (nSPS) is 19.9. The molecule has 0 bridgehead atoms. The minimum atomic E-state index is 0.159. The maximum absolute atomic E-state index is 13.3. The monoisotopic (exact) mass is 370 g/mol. The van der Waals surface area contributed by atoms with Crippen LogP contribution < -0.4 is 0 Å². The van der Waals surface area contributed by atoms with E-state index >= 15 is 0 Å². The van der Waals surface area contributed by atoms with E-state index in [0.29, 0.717) is 6.04 Å². The second-order valence-corrected chi connectivity index (χ2v) is 7.85. The van der Waals surface area contributed by atoms with Gasteiger partial charge >= 0.3 is 0 Å². The SMILES string of the molecule is CC(C)N1CCN(C(=O)c2cccc3[nH]cc(CN4CCOCC4)c23)CC1. The van der Waals surface area contributed by atoms with Crippen LogP contribution in [0.25, 0.3) is 10.9 Å². The first-order valence-corrected chi connectivity index (χ1v) is 10.1. The first kappa shape index (κ1) is 18.5. The van der Waals surface area contributed by atoms with Crippen molar-refractivity contribution in [2.75, 3.05) is 52.5 Å². The van der Waals surface area contributed by atoms with Gasteiger partial charge in [-0.05, 0) is 31.5 Å². The summed E-state index contributed by atoms with van der Waals surface area (Å²) in [4.78, 5) is 23.5. The topological polar surface area (TPSA) is 51.8 Å². The van der Waals surface area contributed by atoms with Crippen LogP contribution in [-0.4, -0.2) is 84.1 Å². The van der Waals surface area contributed by atoms with Crippen LogP contribution in [0.15, 0.2) is 24.4 Å². The predicted octanol–water partition coefficient (Wildman–Crippen LogP) is 2.17. The summed E-state index contributed by atoms with van der Waals surface area (Å²) in [5, 5.41) is 1.08. The Hall–Kier alpha value is -1.89. The molecule has 0 atom stereocenters. The number of fused-ring (bicyclic) bond motifs is 1. The molecule has 1 N–H and O–H groups in total. The summed E-state index contributed by atoms with van der Waals surface area (Å²) in [5.74, 6) is 0.159. The number of H-pyrrole nitrogens is 1. The van der Waals surface area contributed by atoms with Gasteiger partial charge in [-0.3, -0.25) is 14.6 Å². The fraction of sp³-hybridized carbons (Fsp3) is 0.571. The number of aromatic amines is 1. The second-order valence-electron chi connectivity index (χ2n) is 7.85. The van der Waals surface area contributed by atoms with Crippen LogP contribution in [0.2, 0.25) is 0 Å². The van der Waals surface area contributed by atoms with Crippen LogP contribution in [-0.2, 0) is 11.3 Å². The molecule has 1 amide bonds. The number of aromatic nitrogens is 1. The largest absolute Gasteiger partial charge is 0.379 e. The number of benzene rings is 1. The van der Waals surface area contributed by atoms with Crippen LogP contribution in [0.3, 0.4) is 0 Å². The van der Waals surface area contributed by atoms with E-state index in [1.54, 1.807) is 0 Å². The highest BCUT2D eigenvalue weighted by molar-refractivity contribution is 6.07. The van der Waals surface area contributed by atoms with Gasteiger partial charge in [-0.15, -0.1) is 0 Å². The Kier molecular flexibility index (Phi) is 5.48. The van der Waals surface area contributed by atoms with Gasteiger partial charge in [0.15, 0.2) is 0 Å². The number of nitrogens with zero attached hydrogens (tertiary/aromatic N) is 3. The van der Waals surface area contributed by atoms with Crippen molar-refractivity contribution in [2.24, 2.45) is 0 Å². The lowest BCUT2D eigenvalue weighted by molar-refractivity contribution is 0.0343. The highest BCUT2D eigenvalue weighted by Gasteiger charge is 2.25. The maximum Gasteiger partial charge on any atom is 0.254 e. The Morgan fingerprint density at radius 3 is 2.56 bits per heavy atom. The first-order chi connectivity index (χ1) is 13.1. The zero-order valence-corrected chi connectivity index (χ0v) is 16.4. The van der Waals surface area contributed by atoms with Crippen molar-refractivity contribution in [1.29, 1.82) is 0 Å². The van der Waals surface area contributed by atoms with Gasteiger partial charge in [0.2, 0.25) is 0 Å². The molecule has 1 aromatic heterocycles. The number of ether oxygens (including phenoxy) is 1. The zero-order chi connectivity index (χ0) is 18.8. The van der Waals surface area contributed by atoms with Gasteiger partial charge in [-0.2, -0.15) is 0 Å². The number of morpholine rings is 1. The molecule has 27 heavy (non-hydrogen) atoms. The third-order valence-corrected chi connectivity index (χ3v) is 5.85. The van der Waals surface area contributed by atoms with E-state index < -0.39 is 0 Å². The molecule has 4 rings (SSSR count). The fourth-order valence-corrected chi connectivity index (χ4v) is 4.17. The molecular weight excluding hydrogens is 340 g/mol. The van der Waals surface area contributed by atoms with E-state index in [-0.39, 0.29) is 5.91 Å². The molecule has 0 aliphatic carbocycles. The van der Waals surface area contributed by atoms with E-state index in [9.17, 15) is 4.79 Å². The number of carbonyl (C=O) groups is 1. The Balaban J connectivity index is 1.56. The summed E-state index contributed by atoms with van der Waals surface area (Å²) in [6.07, 6.45) is 2.06. The summed E-state index contributed by atoms with van der Waals surface area (Å²) < 4.78 is 5.46. The first-order valence-electron chi connectivity index (χ1n) is 10.1. The standard InChI is InChI=1S/C21H30N4O2/c1-16(2)24-6-8-25(9-7-24)21(26)18-4-3-5-19-20(18)17(14-22-19)15-23-10-12-27-13-11-23/h3-5,14,16,22H,6-13,15H2,1-2H3. The molecule has 3 heterocycles. The highest BCUT2D eigenvalue weighted by Crippen LogP contribution is 2.26. The van der Waals surface area contributed by atoms with Crippen LogP contribution in [0.5, 0.6) is 0 Å². The van der Waals surface area contributed by atoms with Crippen molar-refractivity contribution in [3.63, 3.8) is 0 Å². The molecule has 0 saturated carbocycles. The molecule has 2 aliphatic rings. The molecule has 146 valence electrons.